The number of phenolic OH excluding ortho intramolecular Hbond substituents is 1. The van der Waals surface area contributed by atoms with Crippen LogP contribution in [0.3, 0.4) is 0 Å². The van der Waals surface area contributed by atoms with Crippen molar-refractivity contribution in [2.45, 2.75) is 32.2 Å². The molecule has 0 saturated carbocycles. The number of aromatic hydroxyl groups is 1. The van der Waals surface area contributed by atoms with Gasteiger partial charge in [-0.05, 0) is 44.0 Å². The van der Waals surface area contributed by atoms with Crippen molar-refractivity contribution >= 4 is 0 Å². The molecule has 86 valence electrons. The highest BCUT2D eigenvalue weighted by Crippen LogP contribution is 2.15. The maximum Gasteiger partial charge on any atom is 0.115 e. The second kappa shape index (κ2) is 5.53. The van der Waals surface area contributed by atoms with Crippen LogP contribution < -0.4 is 5.32 Å². The van der Waals surface area contributed by atoms with Crippen LogP contribution in [-0.4, -0.2) is 17.2 Å². The number of aryl methyl sites for hydroxylation is 1. The summed E-state index contributed by atoms with van der Waals surface area (Å²) >= 11 is 0. The van der Waals surface area contributed by atoms with E-state index in [1.54, 1.807) is 12.1 Å². The van der Waals surface area contributed by atoms with E-state index >= 15 is 0 Å². The van der Waals surface area contributed by atoms with E-state index in [1.165, 1.54) is 0 Å². The third-order valence-corrected chi connectivity index (χ3v) is 2.66. The number of phenols is 1. The highest BCUT2D eigenvalue weighted by molar-refractivity contribution is 5.26. The molecule has 0 aliphatic carbocycles. The molecule has 3 nitrogen and oxygen atoms in total. The molecule has 1 aromatic carbocycles. The Labute approximate surface area is 96.7 Å². The van der Waals surface area contributed by atoms with Gasteiger partial charge in [0.15, 0.2) is 0 Å². The van der Waals surface area contributed by atoms with Gasteiger partial charge in [0.05, 0.1) is 6.07 Å². The van der Waals surface area contributed by atoms with Gasteiger partial charge in [-0.25, -0.2) is 0 Å². The van der Waals surface area contributed by atoms with Gasteiger partial charge >= 0.3 is 0 Å². The molecular formula is C13H18N2O. The van der Waals surface area contributed by atoms with Gasteiger partial charge < -0.3 is 5.11 Å². The molecule has 1 aromatic rings. The number of benzene rings is 1. The fourth-order valence-electron chi connectivity index (χ4n) is 1.63. The van der Waals surface area contributed by atoms with Gasteiger partial charge in [0.2, 0.25) is 0 Å². The van der Waals surface area contributed by atoms with Crippen molar-refractivity contribution in [1.29, 1.82) is 5.26 Å². The maximum absolute atomic E-state index is 9.15. The molecule has 1 unspecified atom stereocenters. The average molecular weight is 218 g/mol. The summed E-state index contributed by atoms with van der Waals surface area (Å²) in [7, 11) is 0. The van der Waals surface area contributed by atoms with E-state index in [1.807, 2.05) is 26.0 Å². The number of hydrogen-bond donors (Lipinski definition) is 2. The Hall–Kier alpha value is -1.53. The first-order chi connectivity index (χ1) is 7.59. The molecule has 0 heterocycles. The molecule has 3 heteroatoms. The van der Waals surface area contributed by atoms with Crippen LogP contribution in [0.25, 0.3) is 0 Å². The molecule has 0 aliphatic rings. The Morgan fingerprint density at radius 1 is 1.38 bits per heavy atom. The minimum atomic E-state index is -0.466. The van der Waals surface area contributed by atoms with Crippen LogP contribution >= 0.6 is 0 Å². The van der Waals surface area contributed by atoms with E-state index in [4.69, 9.17) is 10.4 Å². The lowest BCUT2D eigenvalue weighted by atomic mass is 9.94. The smallest absolute Gasteiger partial charge is 0.115 e. The predicted octanol–water partition coefficient (Wildman–Crippen LogP) is 2.22. The third-order valence-electron chi connectivity index (χ3n) is 2.66. The van der Waals surface area contributed by atoms with Crippen LogP contribution in [-0.2, 0) is 6.42 Å². The molecule has 0 spiro atoms. The zero-order chi connectivity index (χ0) is 12.0. The van der Waals surface area contributed by atoms with Gasteiger partial charge in [0, 0.05) is 0 Å². The Morgan fingerprint density at radius 3 is 2.50 bits per heavy atom. The average Bonchev–Trinajstić information content (AvgIpc) is 2.29. The van der Waals surface area contributed by atoms with Crippen molar-refractivity contribution in [3.05, 3.63) is 29.8 Å². The number of nitrogens with zero attached hydrogens (tertiary/aromatic N) is 1. The van der Waals surface area contributed by atoms with Gasteiger partial charge in [-0.2, -0.15) is 5.26 Å². The Morgan fingerprint density at radius 2 is 2.00 bits per heavy atom. The van der Waals surface area contributed by atoms with Crippen LogP contribution in [0, 0.1) is 11.3 Å². The molecule has 0 radical (unpaired) electrons. The Kier molecular flexibility index (Phi) is 4.33. The van der Waals surface area contributed by atoms with Crippen LogP contribution in [0.2, 0.25) is 0 Å². The van der Waals surface area contributed by atoms with Crippen molar-refractivity contribution in [2.75, 3.05) is 6.54 Å². The summed E-state index contributed by atoms with van der Waals surface area (Å²) in [5.41, 5.74) is 0.671. The van der Waals surface area contributed by atoms with Crippen LogP contribution in [0.4, 0.5) is 0 Å². The second-order valence-electron chi connectivity index (χ2n) is 4.14. The molecule has 0 aromatic heterocycles. The topological polar surface area (TPSA) is 56.0 Å². The summed E-state index contributed by atoms with van der Waals surface area (Å²) in [6.45, 7) is 4.70. The largest absolute Gasteiger partial charge is 0.508 e. The van der Waals surface area contributed by atoms with E-state index in [0.717, 1.165) is 24.9 Å². The fourth-order valence-corrected chi connectivity index (χ4v) is 1.63. The fraction of sp³-hybridized carbons (Fsp3) is 0.462. The molecule has 2 N–H and O–H groups in total. The van der Waals surface area contributed by atoms with Crippen LogP contribution in [0.15, 0.2) is 24.3 Å². The van der Waals surface area contributed by atoms with Crippen molar-refractivity contribution in [3.8, 4) is 11.8 Å². The van der Waals surface area contributed by atoms with E-state index in [-0.39, 0.29) is 5.75 Å². The van der Waals surface area contributed by atoms with Crippen molar-refractivity contribution < 1.29 is 5.11 Å². The van der Waals surface area contributed by atoms with Crippen molar-refractivity contribution in [1.82, 2.24) is 5.32 Å². The monoisotopic (exact) mass is 218 g/mol. The zero-order valence-electron chi connectivity index (χ0n) is 9.83. The minimum Gasteiger partial charge on any atom is -0.508 e. The first kappa shape index (κ1) is 12.5. The molecule has 1 rings (SSSR count). The molecule has 0 fully saturated rings. The molecule has 0 amide bonds. The lowest BCUT2D eigenvalue weighted by Crippen LogP contribution is -2.41. The summed E-state index contributed by atoms with van der Waals surface area (Å²) in [5, 5.41) is 21.4. The maximum atomic E-state index is 9.15. The van der Waals surface area contributed by atoms with E-state index in [2.05, 4.69) is 11.4 Å². The molecule has 0 saturated heterocycles. The molecule has 1 atom stereocenters. The summed E-state index contributed by atoms with van der Waals surface area (Å²) in [4.78, 5) is 0. The summed E-state index contributed by atoms with van der Waals surface area (Å²) in [6.07, 6.45) is 1.60. The van der Waals surface area contributed by atoms with E-state index in [9.17, 15) is 0 Å². The Balaban J connectivity index is 2.56. The molecule has 0 aliphatic heterocycles. The number of hydrogen-bond acceptors (Lipinski definition) is 3. The standard InChI is InChI=1S/C13H18N2O/c1-3-15-13(2,10-14)9-8-11-4-6-12(16)7-5-11/h4-7,15-16H,3,8-9H2,1-2H3. The van der Waals surface area contributed by atoms with Crippen molar-refractivity contribution in [3.63, 3.8) is 0 Å². The molecule has 0 bridgehead atoms. The van der Waals surface area contributed by atoms with Gasteiger partial charge in [0.1, 0.15) is 11.3 Å². The lowest BCUT2D eigenvalue weighted by molar-refractivity contribution is 0.429. The van der Waals surface area contributed by atoms with Gasteiger partial charge in [0.25, 0.3) is 0 Å². The first-order valence-electron chi connectivity index (χ1n) is 5.54. The number of nitrogens with one attached hydrogen (secondary N) is 1. The van der Waals surface area contributed by atoms with Crippen molar-refractivity contribution in [2.24, 2.45) is 0 Å². The second-order valence-corrected chi connectivity index (χ2v) is 4.14. The van der Waals surface area contributed by atoms with E-state index in [0.29, 0.717) is 0 Å². The van der Waals surface area contributed by atoms with Crippen LogP contribution in [0.1, 0.15) is 25.8 Å². The van der Waals surface area contributed by atoms with E-state index < -0.39 is 5.54 Å². The number of nitriles is 1. The summed E-state index contributed by atoms with van der Waals surface area (Å²) < 4.78 is 0. The summed E-state index contributed by atoms with van der Waals surface area (Å²) in [6, 6.07) is 9.42. The SMILES string of the molecule is CCNC(C)(C#N)CCc1ccc(O)cc1. The molecular weight excluding hydrogens is 200 g/mol. The lowest BCUT2D eigenvalue weighted by Gasteiger charge is -2.22. The van der Waals surface area contributed by atoms with Gasteiger partial charge in [-0.1, -0.05) is 19.1 Å². The van der Waals surface area contributed by atoms with Crippen LogP contribution in [0.5, 0.6) is 5.75 Å². The third kappa shape index (κ3) is 3.56. The molecule has 16 heavy (non-hydrogen) atoms. The van der Waals surface area contributed by atoms with Gasteiger partial charge in [-0.3, -0.25) is 5.32 Å². The first-order valence-corrected chi connectivity index (χ1v) is 5.54. The highest BCUT2D eigenvalue weighted by Gasteiger charge is 2.21. The predicted molar refractivity (Wildman–Crippen MR) is 64.1 cm³/mol. The Bertz CT molecular complexity index is 367. The normalized spacial score (nSPS) is 14.1. The minimum absolute atomic E-state index is 0.276. The van der Waals surface area contributed by atoms with Gasteiger partial charge in [-0.15, -0.1) is 0 Å². The quantitative estimate of drug-likeness (QED) is 0.796. The zero-order valence-corrected chi connectivity index (χ0v) is 9.83. The number of rotatable bonds is 5. The summed E-state index contributed by atoms with van der Waals surface area (Å²) in [5.74, 6) is 0.276. The highest BCUT2D eigenvalue weighted by atomic mass is 16.3.